The van der Waals surface area contributed by atoms with Crippen molar-refractivity contribution in [1.82, 2.24) is 19.9 Å². The number of aromatic carboxylic acids is 1. The lowest BCUT2D eigenvalue weighted by Gasteiger charge is -2.15. The molecule has 2 heterocycles. The van der Waals surface area contributed by atoms with E-state index in [-0.39, 0.29) is 50.0 Å². The van der Waals surface area contributed by atoms with Crippen LogP contribution in [0.15, 0.2) is 143 Å². The number of Topliss-reactive ketones (excluding diaryl/α,β-unsaturated/α-hetero) is 1. The van der Waals surface area contributed by atoms with E-state index in [0.717, 1.165) is 6.07 Å². The van der Waals surface area contributed by atoms with E-state index in [1.54, 1.807) is 91.0 Å². The van der Waals surface area contributed by atoms with Crippen LogP contribution in [-0.2, 0) is 20.0 Å². The summed E-state index contributed by atoms with van der Waals surface area (Å²) < 4.78 is 67.7. The number of halogens is 2. The van der Waals surface area contributed by atoms with Gasteiger partial charge in [0, 0.05) is 17.7 Å². The van der Waals surface area contributed by atoms with Gasteiger partial charge in [-0.15, -0.1) is 0 Å². The van der Waals surface area contributed by atoms with Crippen molar-refractivity contribution in [1.29, 1.82) is 0 Å². The third-order valence-electron chi connectivity index (χ3n) is 9.40. The number of benzene rings is 6. The van der Waals surface area contributed by atoms with Crippen LogP contribution in [0.4, 0.5) is 34.6 Å². The van der Waals surface area contributed by atoms with Crippen LogP contribution in [0.25, 0.3) is 22.1 Å². The summed E-state index contributed by atoms with van der Waals surface area (Å²) in [6.45, 7) is 1.37. The maximum absolute atomic E-state index is 13.1. The number of fused-ring (bicyclic) bond motifs is 2. The molecule has 0 saturated carbocycles. The first-order valence-corrected chi connectivity index (χ1v) is 23.0. The van der Waals surface area contributed by atoms with Crippen LogP contribution in [0.5, 0.6) is 11.5 Å². The molecule has 336 valence electrons. The van der Waals surface area contributed by atoms with Crippen molar-refractivity contribution in [3.05, 3.63) is 155 Å². The van der Waals surface area contributed by atoms with E-state index >= 15 is 0 Å². The van der Waals surface area contributed by atoms with Crippen molar-refractivity contribution < 1.29 is 41.0 Å². The molecule has 0 unspecified atom stereocenters. The van der Waals surface area contributed by atoms with Crippen molar-refractivity contribution in [2.75, 3.05) is 34.3 Å². The predicted molar refractivity (Wildman–Crippen MR) is 253 cm³/mol. The average molecular weight is 968 g/mol. The van der Waals surface area contributed by atoms with Crippen LogP contribution in [0, 0.1) is 0 Å². The number of rotatable bonds is 14. The number of hydrogen-bond donors (Lipinski definition) is 5. The Hall–Kier alpha value is -7.58. The zero-order valence-corrected chi connectivity index (χ0v) is 37.9. The lowest BCUT2D eigenvalue weighted by Crippen LogP contribution is -2.16. The van der Waals surface area contributed by atoms with E-state index in [2.05, 4.69) is 40.0 Å². The molecule has 2 aromatic heterocycles. The summed E-state index contributed by atoms with van der Waals surface area (Å²) in [5.41, 5.74) is 3.03. The second kappa shape index (κ2) is 19.7. The minimum absolute atomic E-state index is 0.0270. The van der Waals surface area contributed by atoms with Crippen LogP contribution in [-0.4, -0.2) is 67.9 Å². The van der Waals surface area contributed by atoms with Gasteiger partial charge in [0.2, 0.25) is 0 Å². The molecule has 0 aliphatic rings. The van der Waals surface area contributed by atoms with Gasteiger partial charge in [-0.3, -0.25) is 14.2 Å². The zero-order chi connectivity index (χ0) is 47.2. The fourth-order valence-electron chi connectivity index (χ4n) is 6.08. The molecule has 5 N–H and O–H groups in total. The molecule has 0 radical (unpaired) electrons. The van der Waals surface area contributed by atoms with Crippen LogP contribution < -0.4 is 29.6 Å². The van der Waals surface area contributed by atoms with Crippen LogP contribution in [0.1, 0.15) is 27.6 Å². The molecular formula is C45H36Cl2N8O9S2. The van der Waals surface area contributed by atoms with E-state index in [4.69, 9.17) is 32.7 Å². The molecule has 66 heavy (non-hydrogen) atoms. The molecule has 0 saturated heterocycles. The van der Waals surface area contributed by atoms with Gasteiger partial charge in [0.25, 0.3) is 20.0 Å². The van der Waals surface area contributed by atoms with Gasteiger partial charge in [-0.2, -0.15) is 0 Å². The van der Waals surface area contributed by atoms with E-state index in [0.29, 0.717) is 55.0 Å². The second-order valence-electron chi connectivity index (χ2n) is 13.9. The van der Waals surface area contributed by atoms with Gasteiger partial charge in [-0.05, 0) is 85.8 Å². The molecule has 0 amide bonds. The number of carboxylic acid groups (broad SMARTS) is 1. The Labute approximate surface area is 387 Å². The number of nitrogens with zero attached hydrogens (tertiary/aromatic N) is 4. The molecule has 0 bridgehead atoms. The fraction of sp³-hybridized carbons (Fsp3) is 0.0667. The summed E-state index contributed by atoms with van der Waals surface area (Å²) in [7, 11) is -5.23. The van der Waals surface area contributed by atoms with Gasteiger partial charge < -0.3 is 25.2 Å². The number of aromatic nitrogens is 4. The molecule has 0 aliphatic carbocycles. The van der Waals surface area contributed by atoms with E-state index in [1.807, 2.05) is 0 Å². The number of carbonyl (C=O) groups excluding carboxylic acids is 1. The van der Waals surface area contributed by atoms with Crippen molar-refractivity contribution in [3.8, 4) is 11.5 Å². The molecule has 0 aliphatic heterocycles. The van der Waals surface area contributed by atoms with Gasteiger partial charge in [-0.1, -0.05) is 65.7 Å². The van der Waals surface area contributed by atoms with Gasteiger partial charge in [0.05, 0.1) is 73.1 Å². The minimum Gasteiger partial charge on any atom is -0.497 e. The molecule has 8 rings (SSSR count). The number of anilines is 6. The Kier molecular flexibility index (Phi) is 13.8. The Morgan fingerprint density at radius 3 is 1.27 bits per heavy atom. The summed E-state index contributed by atoms with van der Waals surface area (Å²) in [6.07, 6.45) is 0. The number of nitrogens with one attached hydrogen (secondary N) is 4. The number of sulfonamides is 2. The lowest BCUT2D eigenvalue weighted by atomic mass is 10.2. The summed E-state index contributed by atoms with van der Waals surface area (Å²) in [6, 6.07) is 34.7. The molecule has 8 aromatic rings. The third-order valence-corrected chi connectivity index (χ3v) is 12.7. The highest BCUT2D eigenvalue weighted by Crippen LogP contribution is 2.35. The van der Waals surface area contributed by atoms with E-state index < -0.39 is 26.0 Å². The first-order valence-electron chi connectivity index (χ1n) is 19.3. The smallest absolute Gasteiger partial charge is 0.335 e. The Bertz CT molecular complexity index is 3180. The Morgan fingerprint density at radius 2 is 0.894 bits per heavy atom. The number of methoxy groups -OCH3 is 2. The summed E-state index contributed by atoms with van der Waals surface area (Å²) in [5, 5.41) is 16.0. The highest BCUT2D eigenvalue weighted by atomic mass is 35.5. The molecule has 0 spiro atoms. The Balaban J connectivity index is 0.000000196. The van der Waals surface area contributed by atoms with Crippen molar-refractivity contribution in [2.24, 2.45) is 0 Å². The van der Waals surface area contributed by atoms with Crippen molar-refractivity contribution in [3.63, 3.8) is 0 Å². The highest BCUT2D eigenvalue weighted by molar-refractivity contribution is 7.93. The normalized spacial score (nSPS) is 11.2. The first-order chi connectivity index (χ1) is 31.5. The molecule has 6 aromatic carbocycles. The minimum atomic E-state index is -4.19. The highest BCUT2D eigenvalue weighted by Gasteiger charge is 2.23. The van der Waals surface area contributed by atoms with E-state index in [9.17, 15) is 31.5 Å². The van der Waals surface area contributed by atoms with Crippen LogP contribution in [0.2, 0.25) is 10.0 Å². The van der Waals surface area contributed by atoms with Crippen LogP contribution in [0.3, 0.4) is 0 Å². The quantitative estimate of drug-likeness (QED) is 0.0637. The third kappa shape index (κ3) is 10.8. The summed E-state index contributed by atoms with van der Waals surface area (Å²) >= 11 is 12.6. The second-order valence-corrected chi connectivity index (χ2v) is 18.1. The van der Waals surface area contributed by atoms with Crippen molar-refractivity contribution >= 4 is 112 Å². The van der Waals surface area contributed by atoms with E-state index in [1.165, 1.54) is 57.5 Å². The number of carbonyl (C=O) groups is 2. The van der Waals surface area contributed by atoms with Gasteiger partial charge in [-0.25, -0.2) is 41.6 Å². The molecule has 0 fully saturated rings. The summed E-state index contributed by atoms with van der Waals surface area (Å²) in [4.78, 5) is 40.5. The number of ketones is 1. The molecule has 17 nitrogen and oxygen atoms in total. The topological polar surface area (TPSA) is 241 Å². The Morgan fingerprint density at radius 1 is 0.515 bits per heavy atom. The zero-order valence-electron chi connectivity index (χ0n) is 34.8. The van der Waals surface area contributed by atoms with Crippen LogP contribution >= 0.6 is 23.2 Å². The maximum Gasteiger partial charge on any atom is 0.335 e. The van der Waals surface area contributed by atoms with Gasteiger partial charge >= 0.3 is 5.97 Å². The molecule has 0 atom stereocenters. The number of hydrogen-bond acceptors (Lipinski definition) is 14. The first kappa shape index (κ1) is 46.4. The van der Waals surface area contributed by atoms with Gasteiger partial charge in [0.1, 0.15) is 11.5 Å². The SMILES string of the molecule is COc1ccc(Cl)c(Nc2nc3ccccc3nc2NS(=O)(=O)c2cccc(C(=O)O)c2)c1.COc1ccc(Cl)c(Nc2nc3ccccc3nc2NS(=O)(=O)c2cccc(C(C)=O)c2)c1. The number of ether oxygens (including phenoxy) is 2. The maximum atomic E-state index is 13.1. The number of carboxylic acids is 1. The lowest BCUT2D eigenvalue weighted by molar-refractivity contribution is 0.0696. The largest absolute Gasteiger partial charge is 0.497 e. The standard InChI is InChI=1S/C23H19ClN4O4S.C22H17ClN4O5S/c1-14(29)15-6-5-7-17(12-15)33(30,31)28-23-22(25-19-8-3-4-9-20(19)26-23)27-21-13-16(32-2)10-11-18(21)24;1-32-14-9-10-16(23)19(12-14)26-20-21(25-18-8-3-2-7-17(18)24-20)27-33(30,31)15-6-4-5-13(11-15)22(28)29/h3-13H,1-2H3,(H,25,27)(H,26,28);2-12H,1H3,(H,24,26)(H,25,27)(H,28,29). The van der Waals surface area contributed by atoms with Crippen molar-refractivity contribution in [2.45, 2.75) is 16.7 Å². The fourth-order valence-corrected chi connectivity index (χ4v) is 8.52. The summed E-state index contributed by atoms with van der Waals surface area (Å²) in [5.74, 6) is -0.270. The monoisotopic (exact) mass is 966 g/mol. The molecule has 21 heteroatoms. The molecular weight excluding hydrogens is 932 g/mol. The average Bonchev–Trinajstić information content (AvgIpc) is 3.30. The predicted octanol–water partition coefficient (Wildman–Crippen LogP) is 9.57. The van der Waals surface area contributed by atoms with Gasteiger partial charge in [0.15, 0.2) is 29.1 Å². The number of para-hydroxylation sites is 4.